The van der Waals surface area contributed by atoms with Gasteiger partial charge in [-0.05, 0) is 36.4 Å². The molecule has 3 aromatic rings. The third-order valence-corrected chi connectivity index (χ3v) is 6.68. The Labute approximate surface area is 316 Å². The molecule has 0 saturated heterocycles. The summed E-state index contributed by atoms with van der Waals surface area (Å²) in [6.07, 6.45) is -14.0. The molecule has 300 valence electrons. The van der Waals surface area contributed by atoms with E-state index in [1.54, 1.807) is 0 Å². The van der Waals surface area contributed by atoms with E-state index in [0.29, 0.717) is 0 Å². The van der Waals surface area contributed by atoms with Gasteiger partial charge in [-0.3, -0.25) is 14.4 Å². The molecular formula is C28H17Br3F15N3O5. The van der Waals surface area contributed by atoms with E-state index in [4.69, 9.17) is 0 Å². The second kappa shape index (κ2) is 20.1. The van der Waals surface area contributed by atoms with Crippen LogP contribution in [0.1, 0.15) is 31.1 Å². The minimum absolute atomic E-state index is 0.0157. The lowest BCUT2D eigenvalue weighted by atomic mass is 10.1. The standard InChI is InChI=1S/C10H6BrF6NO2.C9H5BrF5NO.C9H6BrF4NO2/c11-4-1-5(12)7(6(2-4)20-9(13)14)8(19)18-3-10(15,16)17;10-4-1-5(11)7(6(12)2-4)8(17)16-3-9(13,14)15;10-4-1-5(11)7(6(16)2-4)8(17)15-3-9(12,13)14/h1-2,9H,3H2,(H,18,19);1-2H,3H2,(H,16,17);1-2,16H,3H2,(H,15,17). The Morgan fingerprint density at radius 2 is 0.852 bits per heavy atom. The third-order valence-electron chi connectivity index (χ3n) is 5.31. The fourth-order valence-corrected chi connectivity index (χ4v) is 4.54. The fraction of sp³-hybridized carbons (Fsp3) is 0.250. The van der Waals surface area contributed by atoms with Crippen molar-refractivity contribution >= 4 is 65.5 Å². The number of carbonyl (C=O) groups excluding carboxylic acids is 3. The lowest BCUT2D eigenvalue weighted by Crippen LogP contribution is -2.34. The van der Waals surface area contributed by atoms with E-state index in [1.807, 2.05) is 0 Å². The monoisotopic (exact) mass is 997 g/mol. The number of benzene rings is 3. The second-order valence-electron chi connectivity index (χ2n) is 9.56. The van der Waals surface area contributed by atoms with Crippen molar-refractivity contribution in [1.29, 1.82) is 0 Å². The van der Waals surface area contributed by atoms with Crippen LogP contribution in [0.4, 0.5) is 65.9 Å². The molecule has 26 heteroatoms. The van der Waals surface area contributed by atoms with E-state index >= 15 is 0 Å². The fourth-order valence-electron chi connectivity index (χ4n) is 3.31. The van der Waals surface area contributed by atoms with E-state index < -0.39 is 114 Å². The van der Waals surface area contributed by atoms with Crippen molar-refractivity contribution in [2.45, 2.75) is 25.1 Å². The van der Waals surface area contributed by atoms with Crippen LogP contribution in [-0.4, -0.2) is 67.6 Å². The number of halogens is 18. The lowest BCUT2D eigenvalue weighted by Gasteiger charge is -2.13. The maximum Gasteiger partial charge on any atom is 0.405 e. The van der Waals surface area contributed by atoms with E-state index in [0.717, 1.165) is 36.4 Å². The van der Waals surface area contributed by atoms with Crippen molar-refractivity contribution in [1.82, 2.24) is 16.0 Å². The summed E-state index contributed by atoms with van der Waals surface area (Å²) in [5, 5.41) is 13.5. The summed E-state index contributed by atoms with van der Waals surface area (Å²) in [7, 11) is 0. The average molecular weight is 1000 g/mol. The van der Waals surface area contributed by atoms with Crippen LogP contribution in [-0.2, 0) is 0 Å². The van der Waals surface area contributed by atoms with Gasteiger partial charge < -0.3 is 25.8 Å². The number of phenols is 1. The first kappa shape index (κ1) is 48.1. The number of ether oxygens (including phenoxy) is 1. The summed E-state index contributed by atoms with van der Waals surface area (Å²) in [6, 6.07) is 5.02. The summed E-state index contributed by atoms with van der Waals surface area (Å²) in [4.78, 5) is 33.8. The number of phenolic OH excluding ortho intramolecular Hbond substituents is 1. The van der Waals surface area contributed by atoms with Crippen molar-refractivity contribution in [2.24, 2.45) is 0 Å². The van der Waals surface area contributed by atoms with Gasteiger partial charge in [0.2, 0.25) is 0 Å². The van der Waals surface area contributed by atoms with Gasteiger partial charge in [0.25, 0.3) is 17.7 Å². The number of carbonyl (C=O) groups is 3. The number of rotatable bonds is 8. The van der Waals surface area contributed by atoms with E-state index in [9.17, 15) is 85.3 Å². The van der Waals surface area contributed by atoms with Crippen LogP contribution in [0.5, 0.6) is 11.5 Å². The molecule has 3 rings (SSSR count). The number of hydrogen-bond acceptors (Lipinski definition) is 5. The zero-order valence-electron chi connectivity index (χ0n) is 25.5. The molecule has 3 aromatic carbocycles. The highest BCUT2D eigenvalue weighted by Gasteiger charge is 2.32. The number of amides is 3. The first-order valence-electron chi connectivity index (χ1n) is 13.3. The van der Waals surface area contributed by atoms with Crippen LogP contribution in [0.25, 0.3) is 0 Å². The van der Waals surface area contributed by atoms with Gasteiger partial charge in [-0.1, -0.05) is 47.8 Å². The van der Waals surface area contributed by atoms with Crippen molar-refractivity contribution in [2.75, 3.05) is 19.6 Å². The highest BCUT2D eigenvalue weighted by atomic mass is 79.9. The van der Waals surface area contributed by atoms with Crippen molar-refractivity contribution in [3.05, 3.63) is 89.8 Å². The third kappa shape index (κ3) is 17.5. The highest BCUT2D eigenvalue weighted by molar-refractivity contribution is 9.11. The van der Waals surface area contributed by atoms with Gasteiger partial charge in [-0.25, -0.2) is 17.6 Å². The first-order chi connectivity index (χ1) is 24.5. The molecule has 0 aliphatic carbocycles. The zero-order chi connectivity index (χ0) is 41.9. The summed E-state index contributed by atoms with van der Waals surface area (Å²) < 4.78 is 188. The minimum atomic E-state index is -4.72. The average Bonchev–Trinajstić information content (AvgIpc) is 2.96. The van der Waals surface area contributed by atoms with Gasteiger partial charge in [0.05, 0.1) is 0 Å². The Balaban J connectivity index is 0.000000407. The molecule has 0 bridgehead atoms. The van der Waals surface area contributed by atoms with E-state index in [-0.39, 0.29) is 13.4 Å². The smallest absolute Gasteiger partial charge is 0.405 e. The molecular weight excluding hydrogens is 983 g/mol. The largest absolute Gasteiger partial charge is 0.507 e. The number of aromatic hydroxyl groups is 1. The van der Waals surface area contributed by atoms with E-state index in [2.05, 4.69) is 52.5 Å². The predicted octanol–water partition coefficient (Wildman–Crippen LogP) is 9.09. The lowest BCUT2D eigenvalue weighted by molar-refractivity contribution is -0.123. The molecule has 3 amide bonds. The Morgan fingerprint density at radius 1 is 0.556 bits per heavy atom. The van der Waals surface area contributed by atoms with Crippen molar-refractivity contribution < 1.29 is 90.1 Å². The van der Waals surface area contributed by atoms with Gasteiger partial charge in [0.15, 0.2) is 0 Å². The number of alkyl halides is 11. The molecule has 0 saturated carbocycles. The molecule has 0 aromatic heterocycles. The second-order valence-corrected chi connectivity index (χ2v) is 12.3. The Bertz CT molecular complexity index is 1680. The molecule has 0 aliphatic rings. The summed E-state index contributed by atoms with van der Waals surface area (Å²) in [6.45, 7) is -8.34. The Kier molecular flexibility index (Phi) is 17.9. The van der Waals surface area contributed by atoms with Crippen LogP contribution in [0, 0.1) is 23.3 Å². The molecule has 0 heterocycles. The van der Waals surface area contributed by atoms with Crippen molar-refractivity contribution in [3.63, 3.8) is 0 Å². The number of hydrogen-bond donors (Lipinski definition) is 4. The van der Waals surface area contributed by atoms with Crippen LogP contribution < -0.4 is 20.7 Å². The van der Waals surface area contributed by atoms with Crippen molar-refractivity contribution in [3.8, 4) is 11.5 Å². The Hall–Kier alpha value is -3.94. The molecule has 0 spiro atoms. The molecule has 0 radical (unpaired) electrons. The molecule has 0 atom stereocenters. The normalized spacial score (nSPS) is 11.5. The molecule has 8 nitrogen and oxygen atoms in total. The zero-order valence-corrected chi connectivity index (χ0v) is 30.3. The maximum atomic E-state index is 13.5. The summed E-state index contributed by atoms with van der Waals surface area (Å²) in [5.41, 5.74) is -2.90. The van der Waals surface area contributed by atoms with Crippen LogP contribution in [0.15, 0.2) is 49.8 Å². The van der Waals surface area contributed by atoms with Gasteiger partial charge >= 0.3 is 25.1 Å². The van der Waals surface area contributed by atoms with Crippen LogP contribution >= 0.6 is 47.8 Å². The molecule has 0 unspecified atom stereocenters. The van der Waals surface area contributed by atoms with Crippen LogP contribution in [0.2, 0.25) is 0 Å². The Morgan fingerprint density at radius 3 is 1.20 bits per heavy atom. The first-order valence-corrected chi connectivity index (χ1v) is 15.7. The molecule has 0 fully saturated rings. The predicted molar refractivity (Wildman–Crippen MR) is 166 cm³/mol. The maximum absolute atomic E-state index is 13.5. The molecule has 0 aliphatic heterocycles. The van der Waals surface area contributed by atoms with Crippen LogP contribution in [0.3, 0.4) is 0 Å². The number of nitrogens with one attached hydrogen (secondary N) is 3. The molecule has 4 N–H and O–H groups in total. The quantitative estimate of drug-likeness (QED) is 0.168. The van der Waals surface area contributed by atoms with Gasteiger partial charge in [-0.2, -0.15) is 48.3 Å². The minimum Gasteiger partial charge on any atom is -0.507 e. The highest BCUT2D eigenvalue weighted by Crippen LogP contribution is 2.29. The SMILES string of the molecule is O=C(NCC(F)(F)F)c1c(F)cc(Br)cc1F.O=C(NCC(F)(F)F)c1c(F)cc(Br)cc1OC(F)F.O=C(NCC(F)(F)F)c1c(O)cc(Br)cc1F. The van der Waals surface area contributed by atoms with Gasteiger partial charge in [0.1, 0.15) is 71.1 Å². The summed E-state index contributed by atoms with van der Waals surface area (Å²) >= 11 is 8.41. The summed E-state index contributed by atoms with van der Waals surface area (Å²) in [5.74, 6) is -10.8. The molecule has 54 heavy (non-hydrogen) atoms. The topological polar surface area (TPSA) is 117 Å². The van der Waals surface area contributed by atoms with Gasteiger partial charge in [0, 0.05) is 13.4 Å². The van der Waals surface area contributed by atoms with Gasteiger partial charge in [-0.15, -0.1) is 0 Å². The van der Waals surface area contributed by atoms with E-state index in [1.165, 1.54) is 16.0 Å².